The zero-order chi connectivity index (χ0) is 14.0. The molecule has 0 bridgehead atoms. The van der Waals surface area contributed by atoms with Crippen molar-refractivity contribution >= 4 is 11.8 Å². The van der Waals surface area contributed by atoms with Crippen molar-refractivity contribution in [3.8, 4) is 0 Å². The molecule has 0 radical (unpaired) electrons. The average molecular weight is 266 g/mol. The SMILES string of the molecule is CCCCN1C(=O)C(C2CC2)NC(=O)C1C(C)CC. The van der Waals surface area contributed by atoms with E-state index in [2.05, 4.69) is 26.1 Å². The highest BCUT2D eigenvalue weighted by atomic mass is 16.2. The number of nitrogens with one attached hydrogen (secondary N) is 1. The molecule has 3 atom stereocenters. The van der Waals surface area contributed by atoms with Gasteiger partial charge in [0, 0.05) is 6.54 Å². The molecule has 1 saturated heterocycles. The highest BCUT2D eigenvalue weighted by Gasteiger charge is 2.47. The number of unbranched alkanes of at least 4 members (excludes halogenated alkanes) is 1. The molecule has 0 aromatic heterocycles. The van der Waals surface area contributed by atoms with Crippen molar-refractivity contribution in [1.82, 2.24) is 10.2 Å². The van der Waals surface area contributed by atoms with Crippen LogP contribution in [0, 0.1) is 11.8 Å². The van der Waals surface area contributed by atoms with Crippen LogP contribution < -0.4 is 5.32 Å². The summed E-state index contributed by atoms with van der Waals surface area (Å²) in [6, 6.07) is -0.510. The molecule has 3 unspecified atom stereocenters. The van der Waals surface area contributed by atoms with Gasteiger partial charge in [-0.2, -0.15) is 0 Å². The molecule has 1 saturated carbocycles. The second-order valence-corrected chi connectivity index (χ2v) is 6.04. The summed E-state index contributed by atoms with van der Waals surface area (Å²) in [5, 5.41) is 2.97. The first-order valence-electron chi connectivity index (χ1n) is 7.71. The highest BCUT2D eigenvalue weighted by molar-refractivity contribution is 5.97. The lowest BCUT2D eigenvalue weighted by molar-refractivity contribution is -0.152. The smallest absolute Gasteiger partial charge is 0.246 e. The van der Waals surface area contributed by atoms with Crippen LogP contribution in [-0.4, -0.2) is 35.3 Å². The highest BCUT2D eigenvalue weighted by Crippen LogP contribution is 2.36. The van der Waals surface area contributed by atoms with Gasteiger partial charge in [-0.05, 0) is 31.1 Å². The number of hydrogen-bond donors (Lipinski definition) is 1. The Morgan fingerprint density at radius 2 is 2.00 bits per heavy atom. The third-order valence-corrected chi connectivity index (χ3v) is 4.48. The molecular formula is C15H26N2O2. The molecule has 4 nitrogen and oxygen atoms in total. The normalized spacial score (nSPS) is 29.3. The van der Waals surface area contributed by atoms with Crippen molar-refractivity contribution in [2.75, 3.05) is 6.54 Å². The minimum Gasteiger partial charge on any atom is -0.342 e. The molecule has 1 heterocycles. The molecule has 4 heteroatoms. The van der Waals surface area contributed by atoms with E-state index in [0.29, 0.717) is 5.92 Å². The largest absolute Gasteiger partial charge is 0.342 e. The van der Waals surface area contributed by atoms with Crippen molar-refractivity contribution in [1.29, 1.82) is 0 Å². The van der Waals surface area contributed by atoms with Crippen molar-refractivity contribution in [3.05, 3.63) is 0 Å². The second kappa shape index (κ2) is 5.93. The van der Waals surface area contributed by atoms with Crippen LogP contribution in [-0.2, 0) is 9.59 Å². The van der Waals surface area contributed by atoms with E-state index in [-0.39, 0.29) is 29.8 Å². The summed E-state index contributed by atoms with van der Waals surface area (Å²) in [4.78, 5) is 26.8. The maximum Gasteiger partial charge on any atom is 0.246 e. The third kappa shape index (κ3) is 2.93. The van der Waals surface area contributed by atoms with Crippen LogP contribution in [0.25, 0.3) is 0 Å². The number of hydrogen-bond acceptors (Lipinski definition) is 2. The molecule has 0 aromatic carbocycles. The average Bonchev–Trinajstić information content (AvgIpc) is 3.22. The van der Waals surface area contributed by atoms with Gasteiger partial charge in [0.2, 0.25) is 11.8 Å². The molecule has 0 spiro atoms. The Kier molecular flexibility index (Phi) is 4.48. The van der Waals surface area contributed by atoms with Crippen LogP contribution in [0.4, 0.5) is 0 Å². The van der Waals surface area contributed by atoms with Gasteiger partial charge in [0.25, 0.3) is 0 Å². The maximum absolute atomic E-state index is 12.6. The minimum atomic E-state index is -0.265. The third-order valence-electron chi connectivity index (χ3n) is 4.48. The van der Waals surface area contributed by atoms with E-state index in [0.717, 1.165) is 38.6 Å². The fraction of sp³-hybridized carbons (Fsp3) is 0.867. The van der Waals surface area contributed by atoms with Gasteiger partial charge in [0.05, 0.1) is 0 Å². The van der Waals surface area contributed by atoms with Crippen molar-refractivity contribution < 1.29 is 9.59 Å². The summed E-state index contributed by atoms with van der Waals surface area (Å²) in [6.07, 6.45) is 5.09. The van der Waals surface area contributed by atoms with Crippen molar-refractivity contribution in [2.45, 2.75) is 65.0 Å². The van der Waals surface area contributed by atoms with Gasteiger partial charge < -0.3 is 10.2 Å². The van der Waals surface area contributed by atoms with Crippen LogP contribution >= 0.6 is 0 Å². The van der Waals surface area contributed by atoms with Gasteiger partial charge in [-0.1, -0.05) is 33.6 Å². The predicted molar refractivity (Wildman–Crippen MR) is 74.5 cm³/mol. The molecule has 2 rings (SSSR count). The molecular weight excluding hydrogens is 240 g/mol. The number of carbonyl (C=O) groups excluding carboxylic acids is 2. The van der Waals surface area contributed by atoms with Gasteiger partial charge in [-0.15, -0.1) is 0 Å². The number of rotatable bonds is 6. The van der Waals surface area contributed by atoms with Crippen LogP contribution in [0.2, 0.25) is 0 Å². The Labute approximate surface area is 115 Å². The van der Waals surface area contributed by atoms with E-state index in [9.17, 15) is 9.59 Å². The first-order valence-corrected chi connectivity index (χ1v) is 7.71. The lowest BCUT2D eigenvalue weighted by Crippen LogP contribution is -2.65. The fourth-order valence-corrected chi connectivity index (χ4v) is 2.87. The van der Waals surface area contributed by atoms with Crippen LogP contribution in [0.15, 0.2) is 0 Å². The van der Waals surface area contributed by atoms with Crippen LogP contribution in [0.1, 0.15) is 52.9 Å². The molecule has 1 N–H and O–H groups in total. The maximum atomic E-state index is 12.6. The predicted octanol–water partition coefficient (Wildman–Crippen LogP) is 1.94. The summed E-state index contributed by atoms with van der Waals surface area (Å²) < 4.78 is 0. The minimum absolute atomic E-state index is 0.0574. The van der Waals surface area contributed by atoms with E-state index < -0.39 is 0 Å². The molecule has 1 aliphatic heterocycles. The van der Waals surface area contributed by atoms with E-state index in [1.165, 1.54) is 0 Å². The van der Waals surface area contributed by atoms with Gasteiger partial charge in [0.15, 0.2) is 0 Å². The molecule has 108 valence electrons. The molecule has 2 aliphatic rings. The van der Waals surface area contributed by atoms with Crippen molar-refractivity contribution in [3.63, 3.8) is 0 Å². The van der Waals surface area contributed by atoms with Gasteiger partial charge in [-0.3, -0.25) is 9.59 Å². The number of carbonyl (C=O) groups is 2. The quantitative estimate of drug-likeness (QED) is 0.798. The zero-order valence-electron chi connectivity index (χ0n) is 12.3. The number of nitrogens with zero attached hydrogens (tertiary/aromatic N) is 1. The first kappa shape index (κ1) is 14.4. The molecule has 0 aromatic rings. The van der Waals surface area contributed by atoms with E-state index in [4.69, 9.17) is 0 Å². The van der Waals surface area contributed by atoms with Gasteiger partial charge in [-0.25, -0.2) is 0 Å². The number of piperazine rings is 1. The monoisotopic (exact) mass is 266 g/mol. The summed E-state index contributed by atoms with van der Waals surface area (Å²) in [6.45, 7) is 6.98. The van der Waals surface area contributed by atoms with Crippen molar-refractivity contribution in [2.24, 2.45) is 11.8 Å². The van der Waals surface area contributed by atoms with Crippen LogP contribution in [0.3, 0.4) is 0 Å². The second-order valence-electron chi connectivity index (χ2n) is 6.04. The Morgan fingerprint density at radius 1 is 1.32 bits per heavy atom. The van der Waals surface area contributed by atoms with Crippen LogP contribution in [0.5, 0.6) is 0 Å². The summed E-state index contributed by atoms with van der Waals surface area (Å²) in [5.41, 5.74) is 0. The van der Waals surface area contributed by atoms with Gasteiger partial charge >= 0.3 is 0 Å². The van der Waals surface area contributed by atoms with E-state index in [1.807, 2.05) is 4.90 Å². The van der Waals surface area contributed by atoms with E-state index >= 15 is 0 Å². The Hall–Kier alpha value is -1.06. The summed E-state index contributed by atoms with van der Waals surface area (Å²) in [7, 11) is 0. The molecule has 1 aliphatic carbocycles. The summed E-state index contributed by atoms with van der Waals surface area (Å²) in [5.74, 6) is 0.822. The topological polar surface area (TPSA) is 49.4 Å². The molecule has 19 heavy (non-hydrogen) atoms. The van der Waals surface area contributed by atoms with Gasteiger partial charge in [0.1, 0.15) is 12.1 Å². The molecule has 2 amide bonds. The Morgan fingerprint density at radius 3 is 2.53 bits per heavy atom. The lowest BCUT2D eigenvalue weighted by atomic mass is 9.92. The Bertz CT molecular complexity index is 352. The molecule has 2 fully saturated rings. The first-order chi connectivity index (χ1) is 9.10. The van der Waals surface area contributed by atoms with E-state index in [1.54, 1.807) is 0 Å². The summed E-state index contributed by atoms with van der Waals surface area (Å²) >= 11 is 0. The fourth-order valence-electron chi connectivity index (χ4n) is 2.87. The lowest BCUT2D eigenvalue weighted by Gasteiger charge is -2.41. The Balaban J connectivity index is 2.16. The zero-order valence-corrected chi connectivity index (χ0v) is 12.3. The standard InChI is InChI=1S/C15H26N2O2/c1-4-6-9-17-13(10(3)5-2)14(18)16-12(15(17)19)11-7-8-11/h10-13H,4-9H2,1-3H3,(H,16,18). The number of amides is 2.